The minimum Gasteiger partial charge on any atom is -0.343 e. The van der Waals surface area contributed by atoms with E-state index >= 15 is 0 Å². The van der Waals surface area contributed by atoms with Gasteiger partial charge >= 0.3 is 0 Å². The molecule has 0 N–H and O–H groups in total. The SMILES string of the molecule is Cn1cc(-c2ccc(C3CCN(C(=O)CCc4ccccc4)CC3)nc2)cn1. The van der Waals surface area contributed by atoms with Gasteiger partial charge in [-0.15, -0.1) is 0 Å². The van der Waals surface area contributed by atoms with Gasteiger partial charge in [0.15, 0.2) is 0 Å². The van der Waals surface area contributed by atoms with Gasteiger partial charge in [-0.05, 0) is 30.9 Å². The van der Waals surface area contributed by atoms with Crippen molar-refractivity contribution in [3.63, 3.8) is 0 Å². The highest BCUT2D eigenvalue weighted by molar-refractivity contribution is 5.76. The third-order valence-electron chi connectivity index (χ3n) is 5.56. The van der Waals surface area contributed by atoms with Crippen molar-refractivity contribution in [2.24, 2.45) is 7.05 Å². The van der Waals surface area contributed by atoms with Gasteiger partial charge in [0.05, 0.1) is 6.20 Å². The Balaban J connectivity index is 1.29. The summed E-state index contributed by atoms with van der Waals surface area (Å²) in [6.45, 7) is 1.65. The van der Waals surface area contributed by atoms with Crippen molar-refractivity contribution in [1.29, 1.82) is 0 Å². The lowest BCUT2D eigenvalue weighted by atomic mass is 9.92. The highest BCUT2D eigenvalue weighted by Crippen LogP contribution is 2.28. The molecule has 1 aromatic carbocycles. The van der Waals surface area contributed by atoms with Gasteiger partial charge in [0.1, 0.15) is 0 Å². The molecule has 3 heterocycles. The van der Waals surface area contributed by atoms with Crippen LogP contribution in [0.1, 0.15) is 36.4 Å². The second kappa shape index (κ2) is 8.38. The van der Waals surface area contributed by atoms with Crippen LogP contribution in [-0.2, 0) is 18.3 Å². The van der Waals surface area contributed by atoms with E-state index in [9.17, 15) is 4.79 Å². The van der Waals surface area contributed by atoms with Crippen molar-refractivity contribution in [2.45, 2.75) is 31.6 Å². The number of likely N-dealkylation sites (tertiary alicyclic amines) is 1. The Morgan fingerprint density at radius 2 is 1.82 bits per heavy atom. The number of piperidine rings is 1. The topological polar surface area (TPSA) is 51.0 Å². The zero-order valence-corrected chi connectivity index (χ0v) is 16.3. The lowest BCUT2D eigenvalue weighted by molar-refractivity contribution is -0.132. The zero-order chi connectivity index (χ0) is 19.3. The van der Waals surface area contributed by atoms with Crippen LogP contribution >= 0.6 is 0 Å². The van der Waals surface area contributed by atoms with E-state index in [0.29, 0.717) is 12.3 Å². The summed E-state index contributed by atoms with van der Waals surface area (Å²) in [5, 5.41) is 4.22. The number of aryl methyl sites for hydroxylation is 2. The number of hydrogen-bond donors (Lipinski definition) is 0. The Kier molecular flexibility index (Phi) is 5.51. The molecule has 1 amide bonds. The molecule has 5 nitrogen and oxygen atoms in total. The second-order valence-electron chi connectivity index (χ2n) is 7.52. The van der Waals surface area contributed by atoms with Gasteiger partial charge in [-0.3, -0.25) is 14.5 Å². The summed E-state index contributed by atoms with van der Waals surface area (Å²) in [6.07, 6.45) is 9.16. The number of nitrogens with zero attached hydrogens (tertiary/aromatic N) is 4. The fourth-order valence-corrected chi connectivity index (χ4v) is 3.87. The largest absolute Gasteiger partial charge is 0.343 e. The third kappa shape index (κ3) is 4.30. The van der Waals surface area contributed by atoms with Gasteiger partial charge < -0.3 is 4.90 Å². The zero-order valence-electron chi connectivity index (χ0n) is 16.3. The smallest absolute Gasteiger partial charge is 0.222 e. The lowest BCUT2D eigenvalue weighted by Gasteiger charge is -2.32. The quantitative estimate of drug-likeness (QED) is 0.682. The summed E-state index contributed by atoms with van der Waals surface area (Å²) in [4.78, 5) is 19.2. The summed E-state index contributed by atoms with van der Waals surface area (Å²) in [7, 11) is 1.92. The molecule has 0 spiro atoms. The van der Waals surface area contributed by atoms with Crippen molar-refractivity contribution in [3.8, 4) is 11.1 Å². The summed E-state index contributed by atoms with van der Waals surface area (Å²) in [6, 6.07) is 14.5. The van der Waals surface area contributed by atoms with E-state index in [1.807, 2.05) is 48.7 Å². The van der Waals surface area contributed by atoms with E-state index in [-0.39, 0.29) is 5.91 Å². The molecule has 1 saturated heterocycles. The predicted molar refractivity (Wildman–Crippen MR) is 110 cm³/mol. The van der Waals surface area contributed by atoms with Crippen molar-refractivity contribution >= 4 is 5.91 Å². The van der Waals surface area contributed by atoms with E-state index in [1.165, 1.54) is 5.56 Å². The minimum absolute atomic E-state index is 0.266. The normalized spacial score (nSPS) is 15.0. The van der Waals surface area contributed by atoms with E-state index in [0.717, 1.165) is 49.2 Å². The molecule has 28 heavy (non-hydrogen) atoms. The van der Waals surface area contributed by atoms with E-state index in [4.69, 9.17) is 4.98 Å². The van der Waals surface area contributed by atoms with Crippen LogP contribution in [0.2, 0.25) is 0 Å². The Labute approximate surface area is 166 Å². The monoisotopic (exact) mass is 374 g/mol. The molecule has 1 aliphatic rings. The lowest BCUT2D eigenvalue weighted by Crippen LogP contribution is -2.38. The number of rotatable bonds is 5. The number of hydrogen-bond acceptors (Lipinski definition) is 3. The number of carbonyl (C=O) groups is 1. The van der Waals surface area contributed by atoms with Crippen LogP contribution in [0.4, 0.5) is 0 Å². The van der Waals surface area contributed by atoms with Crippen LogP contribution in [0, 0.1) is 0 Å². The predicted octanol–water partition coefficient (Wildman–Crippen LogP) is 3.82. The first-order chi connectivity index (χ1) is 13.7. The molecule has 1 aliphatic heterocycles. The van der Waals surface area contributed by atoms with Gasteiger partial charge in [-0.2, -0.15) is 5.10 Å². The molecule has 3 aromatic rings. The van der Waals surface area contributed by atoms with Crippen molar-refractivity contribution < 1.29 is 4.79 Å². The number of benzene rings is 1. The molecule has 0 radical (unpaired) electrons. The maximum Gasteiger partial charge on any atom is 0.222 e. The van der Waals surface area contributed by atoms with Crippen molar-refractivity contribution in [1.82, 2.24) is 19.7 Å². The van der Waals surface area contributed by atoms with Gasteiger partial charge in [-0.1, -0.05) is 36.4 Å². The Morgan fingerprint density at radius 1 is 1.04 bits per heavy atom. The molecule has 0 saturated carbocycles. The molecule has 0 bridgehead atoms. The number of aromatic nitrogens is 3. The minimum atomic E-state index is 0.266. The molecule has 0 aliphatic carbocycles. The summed E-state index contributed by atoms with van der Waals surface area (Å²) >= 11 is 0. The van der Waals surface area contributed by atoms with Gasteiger partial charge in [0.2, 0.25) is 5.91 Å². The molecule has 2 aromatic heterocycles. The van der Waals surface area contributed by atoms with E-state index < -0.39 is 0 Å². The van der Waals surface area contributed by atoms with E-state index in [2.05, 4.69) is 29.4 Å². The van der Waals surface area contributed by atoms with Crippen LogP contribution < -0.4 is 0 Å². The molecule has 0 unspecified atom stereocenters. The summed E-state index contributed by atoms with van der Waals surface area (Å²) in [5.41, 5.74) is 4.53. The standard InChI is InChI=1S/C23H26N4O/c1-26-17-21(16-25-26)20-8-9-22(24-15-20)19-11-13-27(14-12-19)23(28)10-7-18-5-3-2-4-6-18/h2-6,8-9,15-17,19H,7,10-14H2,1H3. The summed E-state index contributed by atoms with van der Waals surface area (Å²) in [5.74, 6) is 0.698. The van der Waals surface area contributed by atoms with Gasteiger partial charge in [-0.25, -0.2) is 0 Å². The van der Waals surface area contributed by atoms with Gasteiger partial charge in [0.25, 0.3) is 0 Å². The summed E-state index contributed by atoms with van der Waals surface area (Å²) < 4.78 is 1.80. The number of amides is 1. The fraction of sp³-hybridized carbons (Fsp3) is 0.348. The van der Waals surface area contributed by atoms with Crippen LogP contribution in [-0.4, -0.2) is 38.7 Å². The average Bonchev–Trinajstić information content (AvgIpc) is 3.19. The molecular formula is C23H26N4O. The third-order valence-corrected chi connectivity index (χ3v) is 5.56. The molecule has 4 rings (SSSR count). The van der Waals surface area contributed by atoms with Crippen LogP contribution in [0.5, 0.6) is 0 Å². The van der Waals surface area contributed by atoms with Crippen LogP contribution in [0.3, 0.4) is 0 Å². The Hall–Kier alpha value is -2.95. The molecular weight excluding hydrogens is 348 g/mol. The maximum atomic E-state index is 12.5. The highest BCUT2D eigenvalue weighted by atomic mass is 16.2. The average molecular weight is 374 g/mol. The van der Waals surface area contributed by atoms with Crippen molar-refractivity contribution in [3.05, 3.63) is 72.3 Å². The Morgan fingerprint density at radius 3 is 2.46 bits per heavy atom. The number of pyridine rings is 1. The molecule has 1 fully saturated rings. The number of carbonyl (C=O) groups excluding carboxylic acids is 1. The maximum absolute atomic E-state index is 12.5. The molecule has 5 heteroatoms. The first kappa shape index (κ1) is 18.4. The molecule has 0 atom stereocenters. The fourth-order valence-electron chi connectivity index (χ4n) is 3.87. The Bertz CT molecular complexity index is 909. The van der Waals surface area contributed by atoms with Crippen LogP contribution in [0.15, 0.2) is 61.1 Å². The van der Waals surface area contributed by atoms with Crippen molar-refractivity contribution in [2.75, 3.05) is 13.1 Å². The van der Waals surface area contributed by atoms with Gasteiger partial charge in [0, 0.05) is 61.7 Å². The highest BCUT2D eigenvalue weighted by Gasteiger charge is 2.24. The first-order valence-corrected chi connectivity index (χ1v) is 9.96. The second-order valence-corrected chi connectivity index (χ2v) is 7.52. The first-order valence-electron chi connectivity index (χ1n) is 9.96. The van der Waals surface area contributed by atoms with E-state index in [1.54, 1.807) is 4.68 Å². The molecule has 144 valence electrons. The van der Waals surface area contributed by atoms with Crippen LogP contribution in [0.25, 0.3) is 11.1 Å².